The zero-order valence-corrected chi connectivity index (χ0v) is 24.9. The average Bonchev–Trinajstić information content (AvgIpc) is 3.26. The monoisotopic (exact) mass is 576 g/mol. The Morgan fingerprint density at radius 3 is 1.91 bits per heavy atom. The van der Waals surface area contributed by atoms with E-state index in [1.807, 2.05) is 36.4 Å². The Balaban J connectivity index is 1.64. The quantitative estimate of drug-likeness (QED) is 0.228. The number of hydrogen-bond acceptors (Lipinski definition) is 7. The summed E-state index contributed by atoms with van der Waals surface area (Å²) in [4.78, 5) is 18.8. The zero-order valence-electron chi connectivity index (χ0n) is 24.9. The van der Waals surface area contributed by atoms with Gasteiger partial charge in [0.15, 0.2) is 0 Å². The Morgan fingerprint density at radius 1 is 0.767 bits per heavy atom. The number of phenolic OH excluding ortho intramolecular Hbond substituents is 2. The smallest absolute Gasteiger partial charge is 0.275 e. The molecule has 0 fully saturated rings. The number of carbonyl (C=O) groups excluding carboxylic acids is 1. The first-order chi connectivity index (χ1) is 20.9. The number of hydrazone groups is 1. The van der Waals surface area contributed by atoms with Gasteiger partial charge in [-0.05, 0) is 58.0 Å². The third kappa shape index (κ3) is 4.36. The van der Waals surface area contributed by atoms with Gasteiger partial charge in [-0.2, -0.15) is 5.10 Å². The van der Waals surface area contributed by atoms with Crippen LogP contribution in [0.1, 0.15) is 60.3 Å². The lowest BCUT2D eigenvalue weighted by molar-refractivity contribution is 0.0675. The SMILES string of the molecule is CCN(CC)c1ccc2c(c1)Oc1cc(N(CC)CC)ccc1C21c2ccccc2C(=O)N1/N=C/c1ccc(O)cc1O. The normalized spacial score (nSPS) is 14.4. The van der Waals surface area contributed by atoms with Crippen molar-refractivity contribution in [1.29, 1.82) is 0 Å². The molecule has 0 atom stereocenters. The van der Waals surface area contributed by atoms with Crippen molar-refractivity contribution >= 4 is 23.5 Å². The van der Waals surface area contributed by atoms with Crippen molar-refractivity contribution < 1.29 is 19.7 Å². The topological polar surface area (TPSA) is 88.8 Å². The number of nitrogens with zero attached hydrogens (tertiary/aromatic N) is 4. The van der Waals surface area contributed by atoms with Crippen LogP contribution < -0.4 is 14.5 Å². The summed E-state index contributed by atoms with van der Waals surface area (Å²) < 4.78 is 6.71. The molecule has 1 spiro atoms. The molecular formula is C35H36N4O4. The van der Waals surface area contributed by atoms with Crippen LogP contribution in [0.25, 0.3) is 0 Å². The lowest BCUT2D eigenvalue weighted by Crippen LogP contribution is -2.44. The molecule has 0 saturated carbocycles. The largest absolute Gasteiger partial charge is 0.508 e. The molecule has 8 nitrogen and oxygen atoms in total. The molecule has 8 heteroatoms. The Kier molecular flexibility index (Phi) is 7.22. The lowest BCUT2D eigenvalue weighted by atomic mass is 9.75. The van der Waals surface area contributed by atoms with Crippen LogP contribution in [0, 0.1) is 0 Å². The van der Waals surface area contributed by atoms with Crippen LogP contribution in [-0.2, 0) is 5.54 Å². The molecule has 1 amide bonds. The molecular weight excluding hydrogens is 540 g/mol. The summed E-state index contributed by atoms with van der Waals surface area (Å²) in [6.45, 7) is 11.9. The first kappa shape index (κ1) is 28.2. The molecule has 2 aliphatic heterocycles. The first-order valence-corrected chi connectivity index (χ1v) is 14.8. The van der Waals surface area contributed by atoms with Gasteiger partial charge in [0.2, 0.25) is 0 Å². The predicted molar refractivity (Wildman–Crippen MR) is 170 cm³/mol. The third-order valence-corrected chi connectivity index (χ3v) is 8.57. The Bertz CT molecular complexity index is 1660. The van der Waals surface area contributed by atoms with Gasteiger partial charge in [-0.15, -0.1) is 0 Å². The number of carbonyl (C=O) groups is 1. The minimum Gasteiger partial charge on any atom is -0.508 e. The number of phenols is 2. The van der Waals surface area contributed by atoms with E-state index >= 15 is 0 Å². The Morgan fingerprint density at radius 2 is 1.35 bits per heavy atom. The summed E-state index contributed by atoms with van der Waals surface area (Å²) in [5.41, 5.74) is 4.28. The summed E-state index contributed by atoms with van der Waals surface area (Å²) in [5, 5.41) is 26.6. The number of aromatic hydroxyl groups is 2. The maximum absolute atomic E-state index is 14.2. The number of amides is 1. The van der Waals surface area contributed by atoms with E-state index in [0.717, 1.165) is 54.2 Å². The molecule has 0 aromatic heterocycles. The van der Waals surface area contributed by atoms with E-state index in [4.69, 9.17) is 9.84 Å². The molecule has 0 saturated heterocycles. The molecule has 0 aliphatic carbocycles. The van der Waals surface area contributed by atoms with E-state index in [2.05, 4.69) is 61.8 Å². The number of rotatable bonds is 8. The fourth-order valence-electron chi connectivity index (χ4n) is 6.41. The maximum Gasteiger partial charge on any atom is 0.275 e. The van der Waals surface area contributed by atoms with Crippen LogP contribution in [0.4, 0.5) is 11.4 Å². The standard InChI is InChI=1S/C35H36N4O4/c1-5-37(6-2)24-14-17-29-32(19-24)43-33-20-25(38(7-3)8-4)15-18-30(33)35(29)28-12-10-9-11-27(28)34(42)39(35)36-22-23-13-16-26(40)21-31(23)41/h9-22,40-41H,5-8H2,1-4H3/b36-22+. The fourth-order valence-corrected chi connectivity index (χ4v) is 6.41. The van der Waals surface area contributed by atoms with Crippen molar-refractivity contribution in [2.45, 2.75) is 33.2 Å². The van der Waals surface area contributed by atoms with Crippen molar-refractivity contribution in [1.82, 2.24) is 5.01 Å². The first-order valence-electron chi connectivity index (χ1n) is 14.8. The third-order valence-electron chi connectivity index (χ3n) is 8.57. The van der Waals surface area contributed by atoms with Crippen molar-refractivity contribution in [3.05, 3.63) is 107 Å². The van der Waals surface area contributed by atoms with Crippen LogP contribution in [0.15, 0.2) is 84.0 Å². The predicted octanol–water partition coefficient (Wildman–Crippen LogP) is 6.68. The van der Waals surface area contributed by atoms with Gasteiger partial charge >= 0.3 is 0 Å². The van der Waals surface area contributed by atoms with Gasteiger partial charge in [0.25, 0.3) is 5.91 Å². The van der Waals surface area contributed by atoms with E-state index in [1.165, 1.54) is 23.4 Å². The second kappa shape index (κ2) is 11.0. The fraction of sp³-hybridized carbons (Fsp3) is 0.257. The molecule has 4 aromatic rings. The Labute approximate surface area is 252 Å². The second-order valence-electron chi connectivity index (χ2n) is 10.7. The number of benzene rings is 4. The van der Waals surface area contributed by atoms with Gasteiger partial charge in [-0.1, -0.05) is 30.3 Å². The Hall–Kier alpha value is -4.98. The van der Waals surface area contributed by atoms with Crippen LogP contribution in [0.3, 0.4) is 0 Å². The molecule has 43 heavy (non-hydrogen) atoms. The number of anilines is 2. The highest BCUT2D eigenvalue weighted by molar-refractivity contribution is 6.03. The van der Waals surface area contributed by atoms with Crippen molar-refractivity contribution in [3.8, 4) is 23.0 Å². The van der Waals surface area contributed by atoms with Crippen LogP contribution >= 0.6 is 0 Å². The molecule has 0 bridgehead atoms. The highest BCUT2D eigenvalue weighted by atomic mass is 16.5. The summed E-state index contributed by atoms with van der Waals surface area (Å²) in [7, 11) is 0. The van der Waals surface area contributed by atoms with Crippen LogP contribution in [0.2, 0.25) is 0 Å². The van der Waals surface area contributed by atoms with Gasteiger partial charge in [0, 0.05) is 83.6 Å². The highest BCUT2D eigenvalue weighted by Crippen LogP contribution is 2.58. The zero-order chi connectivity index (χ0) is 30.3. The van der Waals surface area contributed by atoms with Gasteiger partial charge in [-0.25, -0.2) is 5.01 Å². The number of fused-ring (bicyclic) bond motifs is 6. The van der Waals surface area contributed by atoms with Crippen LogP contribution in [-0.4, -0.2) is 53.5 Å². The average molecular weight is 577 g/mol. The van der Waals surface area contributed by atoms with E-state index in [9.17, 15) is 15.0 Å². The van der Waals surface area contributed by atoms with Gasteiger partial charge in [-0.3, -0.25) is 4.79 Å². The van der Waals surface area contributed by atoms with E-state index in [1.54, 1.807) is 6.07 Å². The van der Waals surface area contributed by atoms with Crippen LogP contribution in [0.5, 0.6) is 23.0 Å². The van der Waals surface area contributed by atoms with Gasteiger partial charge in [0.05, 0.1) is 6.21 Å². The van der Waals surface area contributed by atoms with E-state index < -0.39 is 5.54 Å². The van der Waals surface area contributed by atoms with Gasteiger partial charge in [0.1, 0.15) is 28.5 Å². The maximum atomic E-state index is 14.2. The summed E-state index contributed by atoms with van der Waals surface area (Å²) in [6.07, 6.45) is 1.46. The minimum absolute atomic E-state index is 0.0592. The molecule has 0 radical (unpaired) electrons. The van der Waals surface area contributed by atoms with E-state index in [-0.39, 0.29) is 17.4 Å². The number of hydrogen-bond donors (Lipinski definition) is 2. The molecule has 4 aromatic carbocycles. The van der Waals surface area contributed by atoms with Gasteiger partial charge < -0.3 is 24.7 Å². The highest BCUT2D eigenvalue weighted by Gasteiger charge is 2.57. The second-order valence-corrected chi connectivity index (χ2v) is 10.7. The minimum atomic E-state index is -1.12. The summed E-state index contributed by atoms with van der Waals surface area (Å²) in [6, 6.07) is 24.2. The molecule has 2 aliphatic rings. The molecule has 0 unspecified atom stereocenters. The van der Waals surface area contributed by atoms with Crippen molar-refractivity contribution in [2.75, 3.05) is 36.0 Å². The molecule has 6 rings (SSSR count). The summed E-state index contributed by atoms with van der Waals surface area (Å²) in [5.74, 6) is 0.861. The molecule has 2 heterocycles. The lowest BCUT2D eigenvalue weighted by Gasteiger charge is -2.42. The number of ether oxygens (including phenoxy) is 1. The summed E-state index contributed by atoms with van der Waals surface area (Å²) >= 11 is 0. The van der Waals surface area contributed by atoms with E-state index in [0.29, 0.717) is 22.6 Å². The molecule has 2 N–H and O–H groups in total. The molecule has 220 valence electrons. The van der Waals surface area contributed by atoms with Crippen molar-refractivity contribution in [2.24, 2.45) is 5.10 Å². The van der Waals surface area contributed by atoms with Crippen molar-refractivity contribution in [3.63, 3.8) is 0 Å².